The van der Waals surface area contributed by atoms with Crippen molar-refractivity contribution in [3.05, 3.63) is 40.9 Å². The quantitative estimate of drug-likeness (QED) is 0.654. The number of carbonyl (C=O) groups excluding carboxylic acids is 2. The lowest BCUT2D eigenvalue weighted by Gasteiger charge is -2.02. The molecule has 104 valence electrons. The molecule has 0 atom stereocenters. The van der Waals surface area contributed by atoms with Crippen LogP contribution in [0, 0.1) is 0 Å². The van der Waals surface area contributed by atoms with Crippen molar-refractivity contribution < 1.29 is 9.59 Å². The minimum absolute atomic E-state index is 0.108. The van der Waals surface area contributed by atoms with Gasteiger partial charge in [0, 0.05) is 24.4 Å². The second kappa shape index (κ2) is 6.29. The summed E-state index contributed by atoms with van der Waals surface area (Å²) in [5.41, 5.74) is 7.74. The number of aryl methyl sites for hydroxylation is 1. The molecule has 0 fully saturated rings. The van der Waals surface area contributed by atoms with Crippen molar-refractivity contribution in [2.45, 2.75) is 19.8 Å². The molecule has 2 aromatic rings. The molecule has 0 saturated heterocycles. The lowest BCUT2D eigenvalue weighted by Crippen LogP contribution is -2.12. The Kier molecular flexibility index (Phi) is 4.47. The van der Waals surface area contributed by atoms with Gasteiger partial charge in [0.05, 0.1) is 0 Å². The highest BCUT2D eigenvalue weighted by atomic mass is 32.1. The molecule has 1 heterocycles. The van der Waals surface area contributed by atoms with Gasteiger partial charge in [0.15, 0.2) is 10.9 Å². The normalized spacial score (nSPS) is 10.2. The third kappa shape index (κ3) is 3.89. The highest BCUT2D eigenvalue weighted by Gasteiger charge is 2.09. The average molecular weight is 289 g/mol. The summed E-state index contributed by atoms with van der Waals surface area (Å²) >= 11 is 1.25. The Labute approximate surface area is 120 Å². The molecule has 0 aliphatic carbocycles. The number of thiazole rings is 1. The van der Waals surface area contributed by atoms with Crippen LogP contribution in [0.5, 0.6) is 0 Å². The zero-order chi connectivity index (χ0) is 14.5. The molecule has 0 aliphatic heterocycles. The van der Waals surface area contributed by atoms with Gasteiger partial charge < -0.3 is 11.1 Å². The number of carbonyl (C=O) groups is 2. The maximum absolute atomic E-state index is 11.8. The van der Waals surface area contributed by atoms with E-state index in [0.29, 0.717) is 29.4 Å². The van der Waals surface area contributed by atoms with Gasteiger partial charge in [0.2, 0.25) is 5.91 Å². The molecule has 1 aromatic carbocycles. The van der Waals surface area contributed by atoms with Crippen molar-refractivity contribution in [2.75, 3.05) is 11.1 Å². The molecule has 20 heavy (non-hydrogen) atoms. The molecule has 0 bridgehead atoms. The van der Waals surface area contributed by atoms with Crippen LogP contribution >= 0.6 is 11.3 Å². The summed E-state index contributed by atoms with van der Waals surface area (Å²) in [5, 5.41) is 4.78. The number of aromatic nitrogens is 1. The molecule has 1 aromatic heterocycles. The van der Waals surface area contributed by atoms with Crippen LogP contribution in [0.25, 0.3) is 0 Å². The molecule has 5 nitrogen and oxygen atoms in total. The van der Waals surface area contributed by atoms with Crippen molar-refractivity contribution >= 4 is 33.8 Å². The third-order valence-corrected chi connectivity index (χ3v) is 3.49. The Hall–Kier alpha value is -2.21. The lowest BCUT2D eigenvalue weighted by molar-refractivity contribution is -0.116. The summed E-state index contributed by atoms with van der Waals surface area (Å²) in [4.78, 5) is 26.9. The van der Waals surface area contributed by atoms with Crippen LogP contribution in [-0.2, 0) is 11.2 Å². The van der Waals surface area contributed by atoms with Crippen molar-refractivity contribution in [3.63, 3.8) is 0 Å². The van der Waals surface area contributed by atoms with Crippen molar-refractivity contribution in [1.29, 1.82) is 0 Å². The van der Waals surface area contributed by atoms with Crippen LogP contribution in [0.15, 0.2) is 29.6 Å². The summed E-state index contributed by atoms with van der Waals surface area (Å²) < 4.78 is 0. The van der Waals surface area contributed by atoms with Crippen LogP contribution in [0.3, 0.4) is 0 Å². The number of Topliss-reactive ketones (excluding diaryl/α,β-unsaturated/α-hetero) is 1. The molecule has 0 aliphatic rings. The van der Waals surface area contributed by atoms with Gasteiger partial charge in [0.1, 0.15) is 5.69 Å². The van der Waals surface area contributed by atoms with E-state index in [-0.39, 0.29) is 11.7 Å². The minimum Gasteiger partial charge on any atom is -0.399 e. The van der Waals surface area contributed by atoms with Crippen molar-refractivity contribution in [2.24, 2.45) is 0 Å². The van der Waals surface area contributed by atoms with Crippen molar-refractivity contribution in [1.82, 2.24) is 4.98 Å². The van der Waals surface area contributed by atoms with E-state index in [1.165, 1.54) is 18.3 Å². The Morgan fingerprint density at radius 2 is 2.00 bits per heavy atom. The van der Waals surface area contributed by atoms with E-state index in [1.54, 1.807) is 5.38 Å². The van der Waals surface area contributed by atoms with Gasteiger partial charge in [-0.25, -0.2) is 4.98 Å². The number of ketones is 1. The standard InChI is InChI=1S/C14H15N3O2S/c1-9(18)12-8-20-14(16-12)17-13(19)7-4-10-2-5-11(15)6-3-10/h2-3,5-6,8H,4,7,15H2,1H3,(H,16,17,19). The van der Waals surface area contributed by atoms with Crippen molar-refractivity contribution in [3.8, 4) is 0 Å². The minimum atomic E-state index is -0.119. The molecule has 0 spiro atoms. The summed E-state index contributed by atoms with van der Waals surface area (Å²) in [6.07, 6.45) is 0.996. The van der Waals surface area contributed by atoms with E-state index in [0.717, 1.165) is 5.56 Å². The number of hydrogen-bond acceptors (Lipinski definition) is 5. The SMILES string of the molecule is CC(=O)c1csc(NC(=O)CCc2ccc(N)cc2)n1. The number of anilines is 2. The Balaban J connectivity index is 1.85. The Morgan fingerprint density at radius 3 is 2.60 bits per heavy atom. The number of nitrogens with zero attached hydrogens (tertiary/aromatic N) is 1. The van der Waals surface area contributed by atoms with Crippen LogP contribution in [-0.4, -0.2) is 16.7 Å². The van der Waals surface area contributed by atoms with Gasteiger partial charge in [-0.2, -0.15) is 0 Å². The van der Waals surface area contributed by atoms with E-state index in [2.05, 4.69) is 10.3 Å². The van der Waals surface area contributed by atoms with Gasteiger partial charge in [-0.15, -0.1) is 11.3 Å². The number of amides is 1. The fourth-order valence-electron chi connectivity index (χ4n) is 1.62. The van der Waals surface area contributed by atoms with Crippen LogP contribution in [0.4, 0.5) is 10.8 Å². The second-order valence-corrected chi connectivity index (χ2v) is 5.24. The number of benzene rings is 1. The maximum atomic E-state index is 11.8. The topological polar surface area (TPSA) is 85.1 Å². The first-order valence-electron chi connectivity index (χ1n) is 6.15. The Bertz CT molecular complexity index is 620. The number of nitrogen functional groups attached to an aromatic ring is 1. The van der Waals surface area contributed by atoms with Gasteiger partial charge in [-0.05, 0) is 24.1 Å². The maximum Gasteiger partial charge on any atom is 0.226 e. The predicted octanol–water partition coefficient (Wildman–Crippen LogP) is 2.50. The molecule has 1 amide bonds. The van der Waals surface area contributed by atoms with Crippen LogP contribution in [0.2, 0.25) is 0 Å². The van der Waals surface area contributed by atoms with Crippen LogP contribution in [0.1, 0.15) is 29.4 Å². The number of nitrogens with two attached hydrogens (primary N) is 1. The molecular weight excluding hydrogens is 274 g/mol. The monoisotopic (exact) mass is 289 g/mol. The first kappa shape index (κ1) is 14.2. The molecule has 3 N–H and O–H groups in total. The van der Waals surface area contributed by atoms with Crippen LogP contribution < -0.4 is 11.1 Å². The highest BCUT2D eigenvalue weighted by Crippen LogP contribution is 2.16. The number of rotatable bonds is 5. The number of hydrogen-bond donors (Lipinski definition) is 2. The first-order valence-corrected chi connectivity index (χ1v) is 7.03. The van der Waals surface area contributed by atoms with E-state index in [1.807, 2.05) is 24.3 Å². The summed E-state index contributed by atoms with van der Waals surface area (Å²) in [6.45, 7) is 1.45. The van der Waals surface area contributed by atoms with E-state index in [4.69, 9.17) is 5.73 Å². The Morgan fingerprint density at radius 1 is 1.30 bits per heavy atom. The summed E-state index contributed by atoms with van der Waals surface area (Å²) in [5.74, 6) is -0.227. The smallest absolute Gasteiger partial charge is 0.226 e. The van der Waals surface area contributed by atoms with E-state index >= 15 is 0 Å². The average Bonchev–Trinajstić information content (AvgIpc) is 2.87. The summed E-state index contributed by atoms with van der Waals surface area (Å²) in [6, 6.07) is 7.43. The van der Waals surface area contributed by atoms with Gasteiger partial charge in [0.25, 0.3) is 0 Å². The molecule has 0 unspecified atom stereocenters. The molecular formula is C14H15N3O2S. The largest absolute Gasteiger partial charge is 0.399 e. The van der Waals surface area contributed by atoms with Gasteiger partial charge in [-0.1, -0.05) is 12.1 Å². The zero-order valence-electron chi connectivity index (χ0n) is 11.1. The lowest BCUT2D eigenvalue weighted by atomic mass is 10.1. The molecule has 2 rings (SSSR count). The van der Waals surface area contributed by atoms with Gasteiger partial charge in [-0.3, -0.25) is 9.59 Å². The fourth-order valence-corrected chi connectivity index (χ4v) is 2.38. The highest BCUT2D eigenvalue weighted by molar-refractivity contribution is 7.14. The predicted molar refractivity (Wildman–Crippen MR) is 79.9 cm³/mol. The van der Waals surface area contributed by atoms with Gasteiger partial charge >= 0.3 is 0 Å². The zero-order valence-corrected chi connectivity index (χ0v) is 11.9. The number of nitrogens with one attached hydrogen (secondary N) is 1. The molecule has 0 saturated carbocycles. The van der Waals surface area contributed by atoms with E-state index < -0.39 is 0 Å². The first-order chi connectivity index (χ1) is 9.54. The van der Waals surface area contributed by atoms with E-state index in [9.17, 15) is 9.59 Å². The molecule has 0 radical (unpaired) electrons. The second-order valence-electron chi connectivity index (χ2n) is 4.38. The molecule has 6 heteroatoms. The fraction of sp³-hybridized carbons (Fsp3) is 0.214. The third-order valence-electron chi connectivity index (χ3n) is 2.73. The summed E-state index contributed by atoms with van der Waals surface area (Å²) in [7, 11) is 0.